The van der Waals surface area contributed by atoms with Crippen molar-refractivity contribution in [3.05, 3.63) is 57.6 Å². The SMILES string of the molecule is COc1ccc(CN2C(=O)C3(CC3)O[C@H]3Cc4cc(Br)ccc4[C@H]32)c(OC)c1. The molecule has 28 heavy (non-hydrogen) atoms. The van der Waals surface area contributed by atoms with Crippen molar-refractivity contribution >= 4 is 21.8 Å². The molecule has 1 saturated heterocycles. The number of hydrogen-bond acceptors (Lipinski definition) is 4. The zero-order chi connectivity index (χ0) is 19.5. The van der Waals surface area contributed by atoms with Gasteiger partial charge < -0.3 is 19.1 Å². The highest BCUT2D eigenvalue weighted by atomic mass is 79.9. The number of rotatable bonds is 4. The molecule has 0 bridgehead atoms. The molecule has 146 valence electrons. The summed E-state index contributed by atoms with van der Waals surface area (Å²) in [4.78, 5) is 15.4. The average molecular weight is 444 g/mol. The third-order valence-electron chi connectivity index (χ3n) is 6.10. The molecular weight excluding hydrogens is 422 g/mol. The van der Waals surface area contributed by atoms with Gasteiger partial charge in [-0.25, -0.2) is 0 Å². The van der Waals surface area contributed by atoms with E-state index in [9.17, 15) is 4.79 Å². The number of carbonyl (C=O) groups excluding carboxylic acids is 1. The molecule has 0 radical (unpaired) electrons. The maximum absolute atomic E-state index is 13.4. The van der Waals surface area contributed by atoms with Crippen LogP contribution in [0.1, 0.15) is 35.6 Å². The maximum atomic E-state index is 13.4. The summed E-state index contributed by atoms with van der Waals surface area (Å²) < 4.78 is 18.3. The van der Waals surface area contributed by atoms with Crippen LogP contribution in [0.4, 0.5) is 0 Å². The van der Waals surface area contributed by atoms with Gasteiger partial charge in [0.25, 0.3) is 5.91 Å². The Hall–Kier alpha value is -2.05. The first-order valence-corrected chi connectivity index (χ1v) is 10.3. The van der Waals surface area contributed by atoms with Crippen molar-refractivity contribution < 1.29 is 19.0 Å². The Morgan fingerprint density at radius 3 is 2.71 bits per heavy atom. The molecule has 2 atom stereocenters. The van der Waals surface area contributed by atoms with Gasteiger partial charge in [0, 0.05) is 22.5 Å². The number of carbonyl (C=O) groups is 1. The first kappa shape index (κ1) is 18.0. The van der Waals surface area contributed by atoms with Crippen molar-refractivity contribution in [1.82, 2.24) is 4.90 Å². The number of fused-ring (bicyclic) bond motifs is 3. The molecule has 6 heteroatoms. The number of ether oxygens (including phenoxy) is 3. The molecule has 2 aromatic carbocycles. The highest BCUT2D eigenvalue weighted by molar-refractivity contribution is 9.10. The van der Waals surface area contributed by atoms with Crippen molar-refractivity contribution in [3.8, 4) is 11.5 Å². The van der Waals surface area contributed by atoms with Crippen LogP contribution >= 0.6 is 15.9 Å². The lowest BCUT2D eigenvalue weighted by Crippen LogP contribution is -2.53. The minimum Gasteiger partial charge on any atom is -0.497 e. The predicted molar refractivity (Wildman–Crippen MR) is 108 cm³/mol. The average Bonchev–Trinajstić information content (AvgIpc) is 3.38. The van der Waals surface area contributed by atoms with Gasteiger partial charge in [-0.3, -0.25) is 4.79 Å². The van der Waals surface area contributed by atoms with Gasteiger partial charge in [0.2, 0.25) is 0 Å². The predicted octanol–water partition coefficient (Wildman–Crippen LogP) is 4.02. The lowest BCUT2D eigenvalue weighted by Gasteiger charge is -2.42. The number of hydrogen-bond donors (Lipinski definition) is 0. The van der Waals surface area contributed by atoms with Gasteiger partial charge in [-0.15, -0.1) is 0 Å². The molecular formula is C22H22BrNO4. The standard InChI is InChI=1S/C22H22BrNO4/c1-26-16-5-3-13(18(11-16)27-2)12-24-20-17-6-4-15(23)9-14(17)10-19(20)28-22(7-8-22)21(24)25/h3-6,9,11,19-20H,7-8,10,12H2,1-2H3/t19-,20+/m0/s1. The Morgan fingerprint density at radius 2 is 2.00 bits per heavy atom. The molecule has 1 amide bonds. The van der Waals surface area contributed by atoms with Crippen LogP contribution in [0.5, 0.6) is 11.5 Å². The topological polar surface area (TPSA) is 48.0 Å². The minimum atomic E-state index is -0.611. The summed E-state index contributed by atoms with van der Waals surface area (Å²) in [5, 5.41) is 0. The fourth-order valence-corrected chi connectivity index (χ4v) is 4.96. The number of benzene rings is 2. The second kappa shape index (κ2) is 6.49. The molecule has 2 aliphatic carbocycles. The molecule has 3 aliphatic rings. The monoisotopic (exact) mass is 443 g/mol. The van der Waals surface area contributed by atoms with Gasteiger partial charge >= 0.3 is 0 Å². The summed E-state index contributed by atoms with van der Waals surface area (Å²) >= 11 is 3.56. The first-order chi connectivity index (χ1) is 13.5. The van der Waals surface area contributed by atoms with Crippen molar-refractivity contribution in [2.24, 2.45) is 0 Å². The zero-order valence-corrected chi connectivity index (χ0v) is 17.5. The van der Waals surface area contributed by atoms with E-state index in [4.69, 9.17) is 14.2 Å². The van der Waals surface area contributed by atoms with E-state index in [0.717, 1.165) is 40.8 Å². The van der Waals surface area contributed by atoms with Crippen molar-refractivity contribution in [2.75, 3.05) is 14.2 Å². The largest absolute Gasteiger partial charge is 0.497 e. The van der Waals surface area contributed by atoms with E-state index in [1.165, 1.54) is 11.1 Å². The maximum Gasteiger partial charge on any atom is 0.255 e. The van der Waals surface area contributed by atoms with Crippen molar-refractivity contribution in [1.29, 1.82) is 0 Å². The Bertz CT molecular complexity index is 956. The summed E-state index contributed by atoms with van der Waals surface area (Å²) in [6.07, 6.45) is 2.47. The summed E-state index contributed by atoms with van der Waals surface area (Å²) in [6, 6.07) is 12.0. The van der Waals surface area contributed by atoms with Crippen LogP contribution in [0.3, 0.4) is 0 Å². The van der Waals surface area contributed by atoms with Crippen LogP contribution in [0.15, 0.2) is 40.9 Å². The normalized spacial score (nSPS) is 24.1. The molecule has 1 spiro atoms. The van der Waals surface area contributed by atoms with Crippen LogP contribution in [0.25, 0.3) is 0 Å². The van der Waals surface area contributed by atoms with E-state index in [-0.39, 0.29) is 18.1 Å². The fourth-order valence-electron chi connectivity index (χ4n) is 4.55. The van der Waals surface area contributed by atoms with Crippen molar-refractivity contribution in [2.45, 2.75) is 43.6 Å². The van der Waals surface area contributed by atoms with E-state index >= 15 is 0 Å². The summed E-state index contributed by atoms with van der Waals surface area (Å²) in [5.74, 6) is 1.57. The number of amides is 1. The van der Waals surface area contributed by atoms with Gasteiger partial charge in [0.1, 0.15) is 17.1 Å². The molecule has 0 aromatic heterocycles. The number of morpholine rings is 1. The van der Waals surface area contributed by atoms with Crippen LogP contribution < -0.4 is 9.47 Å². The highest BCUT2D eigenvalue weighted by Gasteiger charge is 2.61. The second-order valence-corrected chi connectivity index (χ2v) is 8.67. The summed E-state index contributed by atoms with van der Waals surface area (Å²) in [5.41, 5.74) is 2.80. The van der Waals surface area contributed by atoms with Crippen LogP contribution in [-0.2, 0) is 22.5 Å². The fraction of sp³-hybridized carbons (Fsp3) is 0.409. The van der Waals surface area contributed by atoms with Gasteiger partial charge in [-0.2, -0.15) is 0 Å². The Kier molecular flexibility index (Phi) is 4.18. The molecule has 5 rings (SSSR count). The van der Waals surface area contributed by atoms with Crippen molar-refractivity contribution in [3.63, 3.8) is 0 Å². The molecule has 2 aromatic rings. The van der Waals surface area contributed by atoms with E-state index in [2.05, 4.69) is 28.1 Å². The zero-order valence-electron chi connectivity index (χ0n) is 15.9. The summed E-state index contributed by atoms with van der Waals surface area (Å²) in [6.45, 7) is 0.494. The molecule has 0 unspecified atom stereocenters. The molecule has 0 N–H and O–H groups in total. The van der Waals surface area contributed by atoms with Crippen LogP contribution in [0.2, 0.25) is 0 Å². The lowest BCUT2D eigenvalue weighted by atomic mass is 10.0. The molecule has 1 aliphatic heterocycles. The quantitative estimate of drug-likeness (QED) is 0.715. The molecule has 5 nitrogen and oxygen atoms in total. The van der Waals surface area contributed by atoms with Crippen LogP contribution in [-0.4, -0.2) is 36.7 Å². The number of nitrogens with zero attached hydrogens (tertiary/aromatic N) is 1. The van der Waals surface area contributed by atoms with E-state index in [1.54, 1.807) is 14.2 Å². The molecule has 1 heterocycles. The van der Waals surface area contributed by atoms with Gasteiger partial charge in [-0.05, 0) is 48.2 Å². The highest BCUT2D eigenvalue weighted by Crippen LogP contribution is 2.53. The van der Waals surface area contributed by atoms with Gasteiger partial charge in [-0.1, -0.05) is 22.0 Å². The summed E-state index contributed by atoms with van der Waals surface area (Å²) in [7, 11) is 3.28. The van der Waals surface area contributed by atoms with Gasteiger partial charge in [0.05, 0.1) is 32.9 Å². The Labute approximate surface area is 172 Å². The smallest absolute Gasteiger partial charge is 0.255 e. The third-order valence-corrected chi connectivity index (χ3v) is 6.59. The Balaban J connectivity index is 1.54. The Morgan fingerprint density at radius 1 is 1.18 bits per heavy atom. The van der Waals surface area contributed by atoms with E-state index < -0.39 is 5.60 Å². The van der Waals surface area contributed by atoms with Crippen LogP contribution in [0, 0.1) is 0 Å². The number of methoxy groups -OCH3 is 2. The lowest BCUT2D eigenvalue weighted by molar-refractivity contribution is -0.178. The molecule has 2 fully saturated rings. The van der Waals surface area contributed by atoms with E-state index in [0.29, 0.717) is 6.54 Å². The number of halogens is 1. The third kappa shape index (κ3) is 2.73. The first-order valence-electron chi connectivity index (χ1n) is 9.53. The minimum absolute atomic E-state index is 0.00810. The van der Waals surface area contributed by atoms with Gasteiger partial charge in [0.15, 0.2) is 0 Å². The molecule has 1 saturated carbocycles. The second-order valence-electron chi connectivity index (χ2n) is 7.75. The van der Waals surface area contributed by atoms with E-state index in [1.807, 2.05) is 29.2 Å².